The van der Waals surface area contributed by atoms with Gasteiger partial charge in [0, 0.05) is 51.7 Å². The average Bonchev–Trinajstić information content (AvgIpc) is 3.39. The van der Waals surface area contributed by atoms with E-state index >= 15 is 0 Å². The van der Waals surface area contributed by atoms with E-state index in [0.717, 1.165) is 36.5 Å². The number of aromatic nitrogens is 1. The van der Waals surface area contributed by atoms with E-state index in [1.165, 1.54) is 17.8 Å². The summed E-state index contributed by atoms with van der Waals surface area (Å²) in [5.41, 5.74) is 0.928. The second-order valence-electron chi connectivity index (χ2n) is 6.83. The Labute approximate surface area is 157 Å². The van der Waals surface area contributed by atoms with E-state index in [0.29, 0.717) is 26.2 Å². The third-order valence-electron chi connectivity index (χ3n) is 5.19. The fourth-order valence-electron chi connectivity index (χ4n) is 3.69. The van der Waals surface area contributed by atoms with Crippen LogP contribution in [0.1, 0.15) is 28.9 Å². The van der Waals surface area contributed by atoms with E-state index in [-0.39, 0.29) is 11.9 Å². The van der Waals surface area contributed by atoms with Crippen molar-refractivity contribution < 1.29 is 9.59 Å². The van der Waals surface area contributed by atoms with Crippen molar-refractivity contribution >= 4 is 23.3 Å². The molecule has 2 fully saturated rings. The fraction of sp³-hybridized carbons (Fsp3) is 0.474. The lowest BCUT2D eigenvalue weighted by Gasteiger charge is -2.38. The summed E-state index contributed by atoms with van der Waals surface area (Å²) in [6.07, 6.45) is 7.33. The molecule has 4 heterocycles. The SMILES string of the molecule is O=C(c1sccc1-n1cccc1)N1CCN(C(=O)N2CCCCC2)CC1. The van der Waals surface area contributed by atoms with Crippen LogP contribution in [0, 0.1) is 0 Å². The van der Waals surface area contributed by atoms with Crippen molar-refractivity contribution in [2.75, 3.05) is 39.3 Å². The number of rotatable bonds is 2. The highest BCUT2D eigenvalue weighted by atomic mass is 32.1. The van der Waals surface area contributed by atoms with Gasteiger partial charge in [-0.25, -0.2) is 4.79 Å². The zero-order chi connectivity index (χ0) is 17.9. The van der Waals surface area contributed by atoms with Gasteiger partial charge in [0.25, 0.3) is 5.91 Å². The standard InChI is InChI=1S/C19H24N4O2S/c24-18(17-16(6-15-26-17)20-7-4-5-8-20)21-11-13-23(14-12-21)19(25)22-9-2-1-3-10-22/h4-8,15H,1-3,9-14H2. The monoisotopic (exact) mass is 372 g/mol. The molecule has 2 aliphatic rings. The number of urea groups is 1. The molecule has 0 aliphatic carbocycles. The summed E-state index contributed by atoms with van der Waals surface area (Å²) in [7, 11) is 0. The Bertz CT molecular complexity index is 756. The van der Waals surface area contributed by atoms with Crippen molar-refractivity contribution in [2.24, 2.45) is 0 Å². The summed E-state index contributed by atoms with van der Waals surface area (Å²) in [5, 5.41) is 1.96. The van der Waals surface area contributed by atoms with Crippen LogP contribution in [-0.4, -0.2) is 70.5 Å². The number of carbonyl (C=O) groups excluding carboxylic acids is 2. The maximum Gasteiger partial charge on any atom is 0.320 e. The number of piperazine rings is 1. The van der Waals surface area contributed by atoms with E-state index in [2.05, 4.69) is 0 Å². The lowest BCUT2D eigenvalue weighted by molar-refractivity contribution is 0.0637. The van der Waals surface area contributed by atoms with Crippen LogP contribution in [0.3, 0.4) is 0 Å². The number of hydrogen-bond donors (Lipinski definition) is 0. The van der Waals surface area contributed by atoms with Gasteiger partial charge in [0.2, 0.25) is 0 Å². The highest BCUT2D eigenvalue weighted by molar-refractivity contribution is 7.12. The topological polar surface area (TPSA) is 48.8 Å². The molecule has 26 heavy (non-hydrogen) atoms. The first-order chi connectivity index (χ1) is 12.7. The summed E-state index contributed by atoms with van der Waals surface area (Å²) >= 11 is 1.48. The zero-order valence-electron chi connectivity index (χ0n) is 14.8. The molecule has 2 saturated heterocycles. The minimum absolute atomic E-state index is 0.0637. The number of carbonyl (C=O) groups is 2. The number of hydrogen-bond acceptors (Lipinski definition) is 3. The average molecular weight is 372 g/mol. The molecule has 7 heteroatoms. The smallest absolute Gasteiger partial charge is 0.320 e. The first-order valence-corrected chi connectivity index (χ1v) is 10.2. The van der Waals surface area contributed by atoms with Crippen molar-refractivity contribution in [1.82, 2.24) is 19.3 Å². The van der Waals surface area contributed by atoms with Crippen LogP contribution in [0.25, 0.3) is 5.69 Å². The molecule has 0 unspecified atom stereocenters. The summed E-state index contributed by atoms with van der Waals surface area (Å²) in [5.74, 6) is 0.0637. The molecule has 0 radical (unpaired) electrons. The number of thiophene rings is 1. The molecule has 2 aromatic rings. The number of piperidine rings is 1. The molecule has 0 saturated carbocycles. The van der Waals surface area contributed by atoms with Gasteiger partial charge in [-0.15, -0.1) is 11.3 Å². The second kappa shape index (κ2) is 7.53. The molecule has 2 aromatic heterocycles. The van der Waals surface area contributed by atoms with Crippen molar-refractivity contribution in [3.63, 3.8) is 0 Å². The van der Waals surface area contributed by atoms with Crippen molar-refractivity contribution in [3.05, 3.63) is 40.8 Å². The quantitative estimate of drug-likeness (QED) is 0.814. The highest BCUT2D eigenvalue weighted by Gasteiger charge is 2.29. The van der Waals surface area contributed by atoms with E-state index in [1.807, 2.05) is 55.2 Å². The summed E-state index contributed by atoms with van der Waals surface area (Å²) in [6, 6.07) is 6.03. The van der Waals surface area contributed by atoms with Gasteiger partial charge >= 0.3 is 6.03 Å². The molecular formula is C19H24N4O2S. The normalized spacial score (nSPS) is 18.2. The van der Waals surface area contributed by atoms with Gasteiger partial charge in [-0.2, -0.15) is 0 Å². The van der Waals surface area contributed by atoms with Crippen LogP contribution in [0.2, 0.25) is 0 Å². The van der Waals surface area contributed by atoms with E-state index < -0.39 is 0 Å². The second-order valence-corrected chi connectivity index (χ2v) is 7.75. The van der Waals surface area contributed by atoms with Gasteiger partial charge in [0.1, 0.15) is 4.88 Å². The van der Waals surface area contributed by atoms with Crippen molar-refractivity contribution in [3.8, 4) is 5.69 Å². The Hall–Kier alpha value is -2.28. The number of nitrogens with zero attached hydrogens (tertiary/aromatic N) is 4. The van der Waals surface area contributed by atoms with Gasteiger partial charge in [-0.1, -0.05) is 0 Å². The van der Waals surface area contributed by atoms with Crippen LogP contribution in [0.5, 0.6) is 0 Å². The Morgan fingerprint density at radius 2 is 1.42 bits per heavy atom. The predicted molar refractivity (Wildman–Crippen MR) is 102 cm³/mol. The van der Waals surface area contributed by atoms with E-state index in [1.54, 1.807) is 0 Å². The third-order valence-corrected chi connectivity index (χ3v) is 6.08. The third kappa shape index (κ3) is 3.35. The maximum atomic E-state index is 13.0. The minimum Gasteiger partial charge on any atom is -0.334 e. The number of likely N-dealkylation sites (tertiary alicyclic amines) is 1. The van der Waals surface area contributed by atoms with Crippen molar-refractivity contribution in [2.45, 2.75) is 19.3 Å². The van der Waals surface area contributed by atoms with Crippen molar-refractivity contribution in [1.29, 1.82) is 0 Å². The predicted octanol–water partition coefficient (Wildman–Crippen LogP) is 2.90. The summed E-state index contributed by atoms with van der Waals surface area (Å²) in [4.78, 5) is 32.1. The van der Waals surface area contributed by atoms with E-state index in [9.17, 15) is 9.59 Å². The molecule has 3 amide bonds. The Kier molecular flexibility index (Phi) is 4.97. The van der Waals surface area contributed by atoms with Crippen LogP contribution in [0.15, 0.2) is 36.0 Å². The lowest BCUT2D eigenvalue weighted by atomic mass is 10.1. The summed E-state index contributed by atoms with van der Waals surface area (Å²) < 4.78 is 1.97. The van der Waals surface area contributed by atoms with Gasteiger partial charge in [0.15, 0.2) is 0 Å². The lowest BCUT2D eigenvalue weighted by Crippen LogP contribution is -2.54. The molecule has 0 atom stereocenters. The van der Waals surface area contributed by atoms with Gasteiger partial charge in [-0.3, -0.25) is 4.79 Å². The van der Waals surface area contributed by atoms with Gasteiger partial charge < -0.3 is 19.3 Å². The van der Waals surface area contributed by atoms with Crippen LogP contribution in [0.4, 0.5) is 4.79 Å². The van der Waals surface area contributed by atoms with Crippen LogP contribution in [-0.2, 0) is 0 Å². The maximum absolute atomic E-state index is 13.0. The minimum atomic E-state index is 0.0637. The highest BCUT2D eigenvalue weighted by Crippen LogP contribution is 2.24. The first kappa shape index (κ1) is 17.1. The Balaban J connectivity index is 1.38. The first-order valence-electron chi connectivity index (χ1n) is 9.28. The Morgan fingerprint density at radius 3 is 2.12 bits per heavy atom. The molecule has 138 valence electrons. The molecule has 4 rings (SSSR count). The molecule has 0 spiro atoms. The zero-order valence-corrected chi connectivity index (χ0v) is 15.7. The fourth-order valence-corrected chi connectivity index (χ4v) is 4.55. The van der Waals surface area contributed by atoms with Crippen LogP contribution >= 0.6 is 11.3 Å². The Morgan fingerprint density at radius 1 is 0.808 bits per heavy atom. The van der Waals surface area contributed by atoms with Crippen LogP contribution < -0.4 is 0 Å². The number of amides is 3. The summed E-state index contributed by atoms with van der Waals surface area (Å²) in [6.45, 7) is 4.17. The molecule has 0 N–H and O–H groups in total. The van der Waals surface area contributed by atoms with Gasteiger partial charge in [-0.05, 0) is 42.8 Å². The molecule has 0 bridgehead atoms. The molecule has 6 nitrogen and oxygen atoms in total. The van der Waals surface area contributed by atoms with E-state index in [4.69, 9.17) is 0 Å². The molecule has 2 aliphatic heterocycles. The molecular weight excluding hydrogens is 348 g/mol. The van der Waals surface area contributed by atoms with Gasteiger partial charge in [0.05, 0.1) is 5.69 Å². The molecule has 0 aromatic carbocycles. The largest absolute Gasteiger partial charge is 0.334 e.